The summed E-state index contributed by atoms with van der Waals surface area (Å²) in [6.07, 6.45) is 2.78. The first-order valence-corrected chi connectivity index (χ1v) is 12.2. The average Bonchev–Trinajstić information content (AvgIpc) is 2.67. The molecular formula is C21H25Cl2N3O3S. The van der Waals surface area contributed by atoms with Crippen LogP contribution in [0.5, 0.6) is 0 Å². The Labute approximate surface area is 187 Å². The third kappa shape index (κ3) is 4.75. The normalized spacial score (nSPS) is 18.6. The fourth-order valence-electron chi connectivity index (χ4n) is 3.96. The number of fused-ring (bicyclic) bond motifs is 1. The van der Waals surface area contributed by atoms with Crippen LogP contribution in [0.4, 0.5) is 5.69 Å². The number of sulfonamides is 1. The fraction of sp³-hybridized carbons (Fsp3) is 0.381. The third-order valence-corrected chi connectivity index (χ3v) is 6.67. The van der Waals surface area contributed by atoms with Gasteiger partial charge >= 0.3 is 0 Å². The molecule has 2 atom stereocenters. The van der Waals surface area contributed by atoms with Gasteiger partial charge in [-0.25, -0.2) is 8.42 Å². The van der Waals surface area contributed by atoms with Gasteiger partial charge in [0.05, 0.1) is 27.6 Å². The lowest BCUT2D eigenvalue weighted by atomic mass is 9.76. The van der Waals surface area contributed by atoms with E-state index in [4.69, 9.17) is 23.2 Å². The van der Waals surface area contributed by atoms with Crippen LogP contribution >= 0.6 is 23.2 Å². The lowest BCUT2D eigenvalue weighted by molar-refractivity contribution is 0.0828. The summed E-state index contributed by atoms with van der Waals surface area (Å²) in [7, 11) is 1.59. The van der Waals surface area contributed by atoms with E-state index in [1.165, 1.54) is 4.90 Å². The number of hydrogen-bond donors (Lipinski definition) is 2. The summed E-state index contributed by atoms with van der Waals surface area (Å²) in [5.74, 6) is -0.260. The second-order valence-corrected chi connectivity index (χ2v) is 10.3. The van der Waals surface area contributed by atoms with E-state index in [1.54, 1.807) is 26.2 Å². The Hall–Kier alpha value is -1.80. The second-order valence-electron chi connectivity index (χ2n) is 7.75. The molecule has 1 aliphatic carbocycles. The van der Waals surface area contributed by atoms with Gasteiger partial charge in [0.15, 0.2) is 0 Å². The number of hydrogen-bond acceptors (Lipinski definition) is 4. The van der Waals surface area contributed by atoms with Gasteiger partial charge in [0.25, 0.3) is 5.91 Å². The topological polar surface area (TPSA) is 78.5 Å². The Morgan fingerprint density at radius 2 is 1.77 bits per heavy atom. The van der Waals surface area contributed by atoms with Crippen LogP contribution in [0.15, 0.2) is 30.3 Å². The molecule has 0 fully saturated rings. The Bertz CT molecular complexity index is 1090. The standard InChI is InChI=1S/C21H25Cl2N3O3S/c1-24-19-8-6-13(12-5-7-17(22)18(23)9-12)14-10-16(21(27)26(2)3)20(11-15(14)19)25-30(4,28)29/h5,7,9-11,13,19,24-25H,6,8H2,1-4H3/t13-,19-/m0/s1. The summed E-state index contributed by atoms with van der Waals surface area (Å²) < 4.78 is 26.4. The van der Waals surface area contributed by atoms with Gasteiger partial charge in [-0.15, -0.1) is 0 Å². The van der Waals surface area contributed by atoms with Gasteiger partial charge in [-0.2, -0.15) is 0 Å². The van der Waals surface area contributed by atoms with Gasteiger partial charge < -0.3 is 10.2 Å². The van der Waals surface area contributed by atoms with Crippen molar-refractivity contribution in [2.45, 2.75) is 24.8 Å². The molecular weight excluding hydrogens is 445 g/mol. The molecule has 3 rings (SSSR count). The molecule has 6 nitrogen and oxygen atoms in total. The smallest absolute Gasteiger partial charge is 0.255 e. The van der Waals surface area contributed by atoms with E-state index in [0.717, 1.165) is 35.8 Å². The summed E-state index contributed by atoms with van der Waals surface area (Å²) in [5, 5.41) is 4.26. The van der Waals surface area contributed by atoms with Crippen LogP contribution in [-0.4, -0.2) is 46.6 Å². The molecule has 0 saturated carbocycles. The molecule has 2 aromatic carbocycles. The van der Waals surface area contributed by atoms with Crippen LogP contribution in [0.2, 0.25) is 10.0 Å². The average molecular weight is 470 g/mol. The molecule has 0 aromatic heterocycles. The van der Waals surface area contributed by atoms with E-state index >= 15 is 0 Å². The molecule has 2 N–H and O–H groups in total. The lowest BCUT2D eigenvalue weighted by Gasteiger charge is -2.33. The van der Waals surface area contributed by atoms with Crippen molar-refractivity contribution >= 4 is 44.8 Å². The van der Waals surface area contributed by atoms with Crippen LogP contribution in [0.1, 0.15) is 51.8 Å². The first kappa shape index (κ1) is 22.9. The SMILES string of the molecule is CN[C@H]1CC[C@@H](c2ccc(Cl)c(Cl)c2)c2cc(C(=O)N(C)C)c(NS(C)(=O)=O)cc21. The third-order valence-electron chi connectivity index (χ3n) is 5.34. The molecule has 0 aliphatic heterocycles. The molecule has 0 radical (unpaired) electrons. The van der Waals surface area contributed by atoms with Crippen molar-refractivity contribution in [3.63, 3.8) is 0 Å². The van der Waals surface area contributed by atoms with Crippen molar-refractivity contribution in [2.24, 2.45) is 0 Å². The Morgan fingerprint density at radius 1 is 1.07 bits per heavy atom. The first-order valence-electron chi connectivity index (χ1n) is 9.51. The number of benzene rings is 2. The largest absolute Gasteiger partial charge is 0.345 e. The molecule has 0 heterocycles. The van der Waals surface area contributed by atoms with E-state index in [1.807, 2.05) is 25.2 Å². The van der Waals surface area contributed by atoms with Crippen molar-refractivity contribution < 1.29 is 13.2 Å². The van der Waals surface area contributed by atoms with Crippen LogP contribution in [0, 0.1) is 0 Å². The molecule has 1 aliphatic rings. The molecule has 162 valence electrons. The van der Waals surface area contributed by atoms with Gasteiger partial charge in [0.1, 0.15) is 0 Å². The zero-order chi connectivity index (χ0) is 22.2. The van der Waals surface area contributed by atoms with Crippen molar-refractivity contribution in [1.29, 1.82) is 0 Å². The molecule has 30 heavy (non-hydrogen) atoms. The Balaban J connectivity index is 2.23. The zero-order valence-corrected chi connectivity index (χ0v) is 19.6. The highest BCUT2D eigenvalue weighted by Crippen LogP contribution is 2.44. The van der Waals surface area contributed by atoms with Gasteiger partial charge in [-0.3, -0.25) is 9.52 Å². The monoisotopic (exact) mass is 469 g/mol. The van der Waals surface area contributed by atoms with E-state index < -0.39 is 10.0 Å². The van der Waals surface area contributed by atoms with Crippen LogP contribution < -0.4 is 10.0 Å². The van der Waals surface area contributed by atoms with Crippen LogP contribution in [0.25, 0.3) is 0 Å². The maximum absolute atomic E-state index is 12.9. The van der Waals surface area contributed by atoms with Crippen LogP contribution in [-0.2, 0) is 10.0 Å². The number of nitrogens with zero attached hydrogens (tertiary/aromatic N) is 1. The van der Waals surface area contributed by atoms with Gasteiger partial charge in [-0.05, 0) is 60.8 Å². The van der Waals surface area contributed by atoms with Crippen molar-refractivity contribution in [3.8, 4) is 0 Å². The minimum Gasteiger partial charge on any atom is -0.345 e. The van der Waals surface area contributed by atoms with Crippen LogP contribution in [0.3, 0.4) is 0 Å². The molecule has 2 aromatic rings. The maximum Gasteiger partial charge on any atom is 0.255 e. The summed E-state index contributed by atoms with van der Waals surface area (Å²) in [6.45, 7) is 0. The minimum absolute atomic E-state index is 0.0142. The van der Waals surface area contributed by atoms with Crippen molar-refractivity contribution in [2.75, 3.05) is 32.1 Å². The highest BCUT2D eigenvalue weighted by Gasteiger charge is 2.31. The quantitative estimate of drug-likeness (QED) is 0.685. The summed E-state index contributed by atoms with van der Waals surface area (Å²) in [6, 6.07) is 9.20. The molecule has 1 amide bonds. The Kier molecular flexibility index (Phi) is 6.67. The fourth-order valence-corrected chi connectivity index (χ4v) is 4.83. The van der Waals surface area contributed by atoms with E-state index in [0.29, 0.717) is 15.6 Å². The highest BCUT2D eigenvalue weighted by molar-refractivity contribution is 7.92. The maximum atomic E-state index is 12.9. The predicted molar refractivity (Wildman–Crippen MR) is 122 cm³/mol. The molecule has 0 bridgehead atoms. The number of amides is 1. The van der Waals surface area contributed by atoms with Crippen molar-refractivity contribution in [1.82, 2.24) is 10.2 Å². The van der Waals surface area contributed by atoms with Crippen molar-refractivity contribution in [3.05, 3.63) is 62.6 Å². The molecule has 0 saturated heterocycles. The van der Waals surface area contributed by atoms with Gasteiger partial charge in [0, 0.05) is 26.1 Å². The number of anilines is 1. The number of nitrogens with one attached hydrogen (secondary N) is 2. The molecule has 0 spiro atoms. The minimum atomic E-state index is -3.56. The Morgan fingerprint density at radius 3 is 2.33 bits per heavy atom. The number of carbonyl (C=O) groups is 1. The van der Waals surface area contributed by atoms with E-state index in [-0.39, 0.29) is 23.6 Å². The summed E-state index contributed by atoms with van der Waals surface area (Å²) >= 11 is 12.3. The van der Waals surface area contributed by atoms with E-state index in [2.05, 4.69) is 10.0 Å². The first-order chi connectivity index (χ1) is 14.0. The van der Waals surface area contributed by atoms with Gasteiger partial charge in [0.2, 0.25) is 10.0 Å². The van der Waals surface area contributed by atoms with Gasteiger partial charge in [-0.1, -0.05) is 29.3 Å². The summed E-state index contributed by atoms with van der Waals surface area (Å²) in [5.41, 5.74) is 3.53. The predicted octanol–water partition coefficient (Wildman–Crippen LogP) is 4.25. The molecule has 9 heteroatoms. The number of halogens is 2. The van der Waals surface area contributed by atoms with E-state index in [9.17, 15) is 13.2 Å². The lowest BCUT2D eigenvalue weighted by Crippen LogP contribution is -2.28. The number of rotatable bonds is 5. The highest BCUT2D eigenvalue weighted by atomic mass is 35.5. The summed E-state index contributed by atoms with van der Waals surface area (Å²) in [4.78, 5) is 14.3. The number of carbonyl (C=O) groups excluding carboxylic acids is 1. The second kappa shape index (κ2) is 8.75. The zero-order valence-electron chi connectivity index (χ0n) is 17.3. The molecule has 0 unspecified atom stereocenters.